The van der Waals surface area contributed by atoms with Crippen molar-refractivity contribution < 1.29 is 13.6 Å². The number of hydrogen-bond donors (Lipinski definition) is 1. The van der Waals surface area contributed by atoms with Crippen LogP contribution in [0.4, 0.5) is 20.3 Å². The molecule has 0 spiro atoms. The van der Waals surface area contributed by atoms with Crippen LogP contribution in [0.1, 0.15) is 21.9 Å². The molecule has 3 aromatic rings. The summed E-state index contributed by atoms with van der Waals surface area (Å²) in [5, 5.41) is 2.87. The number of anilines is 2. The van der Waals surface area contributed by atoms with Crippen molar-refractivity contribution in [1.82, 2.24) is 19.9 Å². The Morgan fingerprint density at radius 2 is 1.82 bits per heavy atom. The largest absolute Gasteiger partial charge is 0.340 e. The van der Waals surface area contributed by atoms with Gasteiger partial charge in [0.2, 0.25) is 0 Å². The summed E-state index contributed by atoms with van der Waals surface area (Å²) >= 11 is 0. The van der Waals surface area contributed by atoms with Gasteiger partial charge in [-0.15, -0.1) is 0 Å². The molecule has 1 aromatic carbocycles. The van der Waals surface area contributed by atoms with E-state index >= 15 is 0 Å². The Bertz CT molecular complexity index is 982. The molecule has 0 fully saturated rings. The van der Waals surface area contributed by atoms with Crippen molar-refractivity contribution in [2.45, 2.75) is 13.3 Å². The number of likely N-dealkylation sites (N-methyl/N-ethyl adjacent to an activating group) is 1. The summed E-state index contributed by atoms with van der Waals surface area (Å²) in [4.78, 5) is 26.6. The van der Waals surface area contributed by atoms with Crippen molar-refractivity contribution >= 4 is 17.4 Å². The minimum absolute atomic E-state index is 0.217. The topological polar surface area (TPSA) is 71.0 Å². The van der Waals surface area contributed by atoms with Gasteiger partial charge in [0.05, 0.1) is 0 Å². The van der Waals surface area contributed by atoms with Crippen LogP contribution in [0.3, 0.4) is 0 Å². The molecule has 2 heterocycles. The number of aromatic nitrogens is 3. The molecule has 6 nitrogen and oxygen atoms in total. The molecule has 0 aliphatic carbocycles. The number of carbonyl (C=O) groups excluding carboxylic acids is 1. The zero-order valence-electron chi connectivity index (χ0n) is 15.5. The van der Waals surface area contributed by atoms with Crippen LogP contribution in [0.25, 0.3) is 0 Å². The minimum atomic E-state index is -0.970. The van der Waals surface area contributed by atoms with Crippen LogP contribution in [0.15, 0.2) is 48.8 Å². The number of rotatable bonds is 6. The predicted molar refractivity (Wildman–Crippen MR) is 101 cm³/mol. The number of benzene rings is 1. The van der Waals surface area contributed by atoms with Gasteiger partial charge < -0.3 is 10.2 Å². The molecule has 0 unspecified atom stereocenters. The summed E-state index contributed by atoms with van der Waals surface area (Å²) in [5.74, 6) is -1.45. The molecule has 0 radical (unpaired) electrons. The second kappa shape index (κ2) is 8.51. The molecule has 0 aliphatic heterocycles. The monoisotopic (exact) mass is 383 g/mol. The lowest BCUT2D eigenvalue weighted by Crippen LogP contribution is -2.30. The molecule has 0 aliphatic rings. The molecule has 8 heteroatoms. The van der Waals surface area contributed by atoms with Gasteiger partial charge in [0.15, 0.2) is 11.6 Å². The van der Waals surface area contributed by atoms with Crippen molar-refractivity contribution in [3.05, 3.63) is 77.5 Å². The van der Waals surface area contributed by atoms with E-state index in [9.17, 15) is 13.6 Å². The second-order valence-corrected chi connectivity index (χ2v) is 6.27. The Balaban J connectivity index is 1.72. The Labute approximate surface area is 161 Å². The highest BCUT2D eigenvalue weighted by Gasteiger charge is 2.15. The Hall–Kier alpha value is -3.42. The molecule has 0 bridgehead atoms. The first-order chi connectivity index (χ1) is 13.4. The van der Waals surface area contributed by atoms with Crippen LogP contribution in [-0.4, -0.2) is 39.4 Å². The van der Waals surface area contributed by atoms with Crippen molar-refractivity contribution in [3.63, 3.8) is 0 Å². The highest BCUT2D eigenvalue weighted by atomic mass is 19.2. The first-order valence-electron chi connectivity index (χ1n) is 8.64. The lowest BCUT2D eigenvalue weighted by molar-refractivity contribution is 0.0790. The molecule has 1 amide bonds. The highest BCUT2D eigenvalue weighted by Crippen LogP contribution is 2.18. The molecule has 144 valence electrons. The van der Waals surface area contributed by atoms with Crippen molar-refractivity contribution in [2.75, 3.05) is 18.9 Å². The van der Waals surface area contributed by atoms with Crippen LogP contribution < -0.4 is 5.32 Å². The highest BCUT2D eigenvalue weighted by molar-refractivity contribution is 5.93. The van der Waals surface area contributed by atoms with Crippen LogP contribution >= 0.6 is 0 Å². The van der Waals surface area contributed by atoms with E-state index in [1.54, 1.807) is 31.3 Å². The third kappa shape index (κ3) is 4.85. The average Bonchev–Trinajstić information content (AvgIpc) is 2.68. The van der Waals surface area contributed by atoms with Gasteiger partial charge in [-0.1, -0.05) is 0 Å². The average molecular weight is 383 g/mol. The number of pyridine rings is 1. The van der Waals surface area contributed by atoms with Crippen molar-refractivity contribution in [2.24, 2.45) is 0 Å². The standard InChI is InChI=1S/C20H19F2N5O/c1-13-24-18(20(28)27(2)10-7-14-5-8-23-9-6-14)12-19(25-13)26-15-3-4-16(21)17(22)11-15/h3-6,8-9,11-12H,7,10H2,1-2H3,(H,24,25,26). The van der Waals surface area contributed by atoms with Gasteiger partial charge >= 0.3 is 0 Å². The molecule has 0 saturated carbocycles. The summed E-state index contributed by atoms with van der Waals surface area (Å²) in [6.45, 7) is 2.17. The molecule has 2 aromatic heterocycles. The number of hydrogen-bond acceptors (Lipinski definition) is 5. The fourth-order valence-corrected chi connectivity index (χ4v) is 2.61. The molecular weight excluding hydrogens is 364 g/mol. The molecule has 28 heavy (non-hydrogen) atoms. The van der Waals surface area contributed by atoms with Gasteiger partial charge in [0, 0.05) is 43.8 Å². The third-order valence-electron chi connectivity index (χ3n) is 4.08. The Morgan fingerprint density at radius 1 is 1.07 bits per heavy atom. The van der Waals surface area contributed by atoms with Crippen molar-refractivity contribution in [3.8, 4) is 0 Å². The van der Waals surface area contributed by atoms with E-state index in [1.807, 2.05) is 12.1 Å². The summed E-state index contributed by atoms with van der Waals surface area (Å²) in [7, 11) is 1.70. The van der Waals surface area contributed by atoms with Gasteiger partial charge in [0.1, 0.15) is 17.3 Å². The first-order valence-corrected chi connectivity index (χ1v) is 8.64. The number of aryl methyl sites for hydroxylation is 1. The van der Waals surface area contributed by atoms with Gasteiger partial charge in [-0.3, -0.25) is 9.78 Å². The summed E-state index contributed by atoms with van der Waals surface area (Å²) < 4.78 is 26.5. The zero-order chi connectivity index (χ0) is 20.1. The maximum Gasteiger partial charge on any atom is 0.272 e. The van der Waals surface area contributed by atoms with Gasteiger partial charge in [-0.05, 0) is 43.2 Å². The van der Waals surface area contributed by atoms with Crippen molar-refractivity contribution in [1.29, 1.82) is 0 Å². The molecular formula is C20H19F2N5O. The second-order valence-electron chi connectivity index (χ2n) is 6.27. The maximum atomic E-state index is 13.4. The summed E-state index contributed by atoms with van der Waals surface area (Å²) in [6, 6.07) is 8.71. The smallest absolute Gasteiger partial charge is 0.272 e. The Kier molecular flexibility index (Phi) is 5.88. The molecule has 0 saturated heterocycles. The van der Waals surface area contributed by atoms with Crippen LogP contribution in [0.5, 0.6) is 0 Å². The summed E-state index contributed by atoms with van der Waals surface area (Å²) in [5.41, 5.74) is 1.62. The van der Waals surface area contributed by atoms with E-state index in [4.69, 9.17) is 0 Å². The minimum Gasteiger partial charge on any atom is -0.340 e. The number of amides is 1. The maximum absolute atomic E-state index is 13.4. The number of carbonyl (C=O) groups is 1. The fraction of sp³-hybridized carbons (Fsp3) is 0.200. The molecule has 1 N–H and O–H groups in total. The fourth-order valence-electron chi connectivity index (χ4n) is 2.61. The lowest BCUT2D eigenvalue weighted by atomic mass is 10.2. The summed E-state index contributed by atoms with van der Waals surface area (Å²) in [6.07, 6.45) is 4.11. The normalized spacial score (nSPS) is 10.6. The SMILES string of the molecule is Cc1nc(Nc2ccc(F)c(F)c2)cc(C(=O)N(C)CCc2ccncc2)n1. The number of halogens is 2. The first kappa shape index (κ1) is 19.3. The van der Waals surface area contributed by atoms with Gasteiger partial charge in [0.25, 0.3) is 5.91 Å². The molecule has 3 rings (SSSR count). The third-order valence-corrected chi connectivity index (χ3v) is 4.08. The lowest BCUT2D eigenvalue weighted by Gasteiger charge is -2.17. The van der Waals surface area contributed by atoms with E-state index in [0.717, 1.165) is 17.7 Å². The van der Waals surface area contributed by atoms with Crippen LogP contribution in [0, 0.1) is 18.6 Å². The van der Waals surface area contributed by atoms with Gasteiger partial charge in [-0.2, -0.15) is 0 Å². The van der Waals surface area contributed by atoms with E-state index in [-0.39, 0.29) is 11.6 Å². The van der Waals surface area contributed by atoms with Crippen LogP contribution in [0.2, 0.25) is 0 Å². The van der Waals surface area contributed by atoms with E-state index in [1.165, 1.54) is 12.1 Å². The van der Waals surface area contributed by atoms with E-state index in [2.05, 4.69) is 20.3 Å². The number of nitrogens with one attached hydrogen (secondary N) is 1. The quantitative estimate of drug-likeness (QED) is 0.705. The number of nitrogens with zero attached hydrogens (tertiary/aromatic N) is 4. The van der Waals surface area contributed by atoms with Gasteiger partial charge in [-0.25, -0.2) is 18.7 Å². The van der Waals surface area contributed by atoms with Crippen LogP contribution in [-0.2, 0) is 6.42 Å². The van der Waals surface area contributed by atoms with E-state index < -0.39 is 11.6 Å². The van der Waals surface area contributed by atoms with E-state index in [0.29, 0.717) is 30.3 Å². The molecule has 0 atom stereocenters. The Morgan fingerprint density at radius 3 is 2.54 bits per heavy atom. The zero-order valence-corrected chi connectivity index (χ0v) is 15.5. The predicted octanol–water partition coefficient (Wildman–Crippen LogP) is 3.52.